The van der Waals surface area contributed by atoms with Gasteiger partial charge < -0.3 is 15.1 Å². The lowest BCUT2D eigenvalue weighted by atomic mass is 10.1. The quantitative estimate of drug-likeness (QED) is 0.688. The fourth-order valence-corrected chi connectivity index (χ4v) is 1.43. The van der Waals surface area contributed by atoms with Crippen molar-refractivity contribution < 1.29 is 4.79 Å². The second-order valence-corrected chi connectivity index (χ2v) is 3.68. The smallest absolute Gasteiger partial charge is 0.319 e. The molecule has 0 saturated carbocycles. The first-order valence-electron chi connectivity index (χ1n) is 4.85. The highest BCUT2D eigenvalue weighted by Crippen LogP contribution is 2.08. The van der Waals surface area contributed by atoms with Gasteiger partial charge in [-0.3, -0.25) is 0 Å². The first-order valence-corrected chi connectivity index (χ1v) is 4.85. The van der Waals surface area contributed by atoms with Gasteiger partial charge in [0.05, 0.1) is 6.04 Å². The van der Waals surface area contributed by atoms with Crippen LogP contribution < -0.4 is 5.32 Å². The Morgan fingerprint density at radius 2 is 2.08 bits per heavy atom. The fraction of sp³-hybridized carbons (Fsp3) is 0.889. The van der Waals surface area contributed by atoms with E-state index >= 15 is 0 Å². The third-order valence-electron chi connectivity index (χ3n) is 2.29. The second kappa shape index (κ2) is 4.46. The van der Waals surface area contributed by atoms with Crippen LogP contribution in [-0.4, -0.2) is 55.6 Å². The molecule has 0 bridgehead atoms. The number of urea groups is 1. The summed E-state index contributed by atoms with van der Waals surface area (Å²) in [5.74, 6) is 0. The van der Waals surface area contributed by atoms with Crippen molar-refractivity contribution in [3.8, 4) is 0 Å². The predicted octanol–water partition coefficient (Wildman–Crippen LogP) is 0.352. The highest BCUT2D eigenvalue weighted by Gasteiger charge is 2.28. The predicted molar refractivity (Wildman–Crippen MR) is 52.7 cm³/mol. The highest BCUT2D eigenvalue weighted by atomic mass is 16.2. The molecule has 1 fully saturated rings. The van der Waals surface area contributed by atoms with Crippen LogP contribution in [0.3, 0.4) is 0 Å². The van der Waals surface area contributed by atoms with Gasteiger partial charge in [0, 0.05) is 33.7 Å². The summed E-state index contributed by atoms with van der Waals surface area (Å²) < 4.78 is 0. The Balaban J connectivity index is 2.50. The van der Waals surface area contributed by atoms with E-state index in [0.717, 1.165) is 26.1 Å². The summed E-state index contributed by atoms with van der Waals surface area (Å²) in [5.41, 5.74) is 0. The number of rotatable bonds is 3. The molecular formula is C9H19N3O. The molecular weight excluding hydrogens is 166 g/mol. The Labute approximate surface area is 79.9 Å². The summed E-state index contributed by atoms with van der Waals surface area (Å²) in [6, 6.07) is 0.545. The van der Waals surface area contributed by atoms with Crippen LogP contribution in [0.4, 0.5) is 4.79 Å². The average molecular weight is 185 g/mol. The number of hydrogen-bond donors (Lipinski definition) is 1. The molecule has 1 N–H and O–H groups in total. The van der Waals surface area contributed by atoms with Crippen molar-refractivity contribution in [3.05, 3.63) is 0 Å². The zero-order valence-corrected chi connectivity index (χ0v) is 8.71. The summed E-state index contributed by atoms with van der Waals surface area (Å²) in [6.45, 7) is 4.85. The summed E-state index contributed by atoms with van der Waals surface area (Å²) in [6.07, 6.45) is 1.02. The first-order chi connectivity index (χ1) is 6.16. The van der Waals surface area contributed by atoms with E-state index in [4.69, 9.17) is 0 Å². The van der Waals surface area contributed by atoms with E-state index in [1.807, 2.05) is 4.90 Å². The Morgan fingerprint density at radius 3 is 2.38 bits per heavy atom. The van der Waals surface area contributed by atoms with Gasteiger partial charge >= 0.3 is 6.03 Å². The van der Waals surface area contributed by atoms with Crippen molar-refractivity contribution in [2.24, 2.45) is 0 Å². The molecule has 0 unspecified atom stereocenters. The molecule has 0 aromatic heterocycles. The summed E-state index contributed by atoms with van der Waals surface area (Å²) in [7, 11) is 3.61. The van der Waals surface area contributed by atoms with E-state index in [-0.39, 0.29) is 6.03 Å². The molecule has 0 aliphatic carbocycles. The van der Waals surface area contributed by atoms with Gasteiger partial charge in [-0.25, -0.2) is 4.79 Å². The minimum atomic E-state index is 0.133. The maximum absolute atomic E-state index is 11.7. The molecule has 1 aliphatic rings. The maximum atomic E-state index is 11.7. The van der Waals surface area contributed by atoms with Gasteiger partial charge in [0.2, 0.25) is 0 Å². The Kier molecular flexibility index (Phi) is 3.54. The van der Waals surface area contributed by atoms with E-state index in [2.05, 4.69) is 12.2 Å². The zero-order chi connectivity index (χ0) is 9.84. The Hall–Kier alpha value is -0.770. The molecule has 0 atom stereocenters. The largest absolute Gasteiger partial charge is 0.331 e. The van der Waals surface area contributed by atoms with Gasteiger partial charge in [-0.15, -0.1) is 0 Å². The maximum Gasteiger partial charge on any atom is 0.319 e. The lowest BCUT2D eigenvalue weighted by Crippen LogP contribution is -2.60. The van der Waals surface area contributed by atoms with Crippen LogP contribution in [0.25, 0.3) is 0 Å². The van der Waals surface area contributed by atoms with E-state index < -0.39 is 0 Å². The molecule has 1 rings (SSSR count). The molecule has 0 radical (unpaired) electrons. The van der Waals surface area contributed by atoms with Gasteiger partial charge in [-0.2, -0.15) is 0 Å². The standard InChI is InChI=1S/C9H19N3O/c1-4-5-12(8-6-10-7-8)9(13)11(2)3/h8,10H,4-7H2,1-3H3. The molecule has 0 aromatic carbocycles. The van der Waals surface area contributed by atoms with Gasteiger partial charge in [-0.1, -0.05) is 6.92 Å². The monoisotopic (exact) mass is 185 g/mol. The molecule has 4 heteroatoms. The van der Waals surface area contributed by atoms with E-state index in [0.29, 0.717) is 6.04 Å². The van der Waals surface area contributed by atoms with Crippen LogP contribution in [0.1, 0.15) is 13.3 Å². The minimum absolute atomic E-state index is 0.133. The molecule has 76 valence electrons. The van der Waals surface area contributed by atoms with Crippen LogP contribution in [-0.2, 0) is 0 Å². The molecule has 2 amide bonds. The van der Waals surface area contributed by atoms with Crippen LogP contribution in [0, 0.1) is 0 Å². The average Bonchev–Trinajstić information content (AvgIpc) is 1.99. The minimum Gasteiger partial charge on any atom is -0.331 e. The zero-order valence-electron chi connectivity index (χ0n) is 8.71. The SMILES string of the molecule is CCCN(C(=O)N(C)C)C1CNC1. The summed E-state index contributed by atoms with van der Waals surface area (Å²) in [4.78, 5) is 15.3. The highest BCUT2D eigenvalue weighted by molar-refractivity contribution is 5.74. The number of amides is 2. The van der Waals surface area contributed by atoms with Crippen LogP contribution in [0.15, 0.2) is 0 Å². The van der Waals surface area contributed by atoms with Crippen molar-refractivity contribution in [2.45, 2.75) is 19.4 Å². The van der Waals surface area contributed by atoms with E-state index in [1.54, 1.807) is 19.0 Å². The molecule has 0 aromatic rings. The number of carbonyl (C=O) groups is 1. The third-order valence-corrected chi connectivity index (χ3v) is 2.29. The number of nitrogens with zero attached hydrogens (tertiary/aromatic N) is 2. The molecule has 13 heavy (non-hydrogen) atoms. The molecule has 0 spiro atoms. The third kappa shape index (κ3) is 2.34. The Bertz CT molecular complexity index is 178. The van der Waals surface area contributed by atoms with Crippen molar-refractivity contribution in [2.75, 3.05) is 33.7 Å². The van der Waals surface area contributed by atoms with Gasteiger partial charge in [0.1, 0.15) is 0 Å². The van der Waals surface area contributed by atoms with Crippen molar-refractivity contribution >= 4 is 6.03 Å². The van der Waals surface area contributed by atoms with Gasteiger partial charge in [-0.05, 0) is 6.42 Å². The lowest BCUT2D eigenvalue weighted by molar-refractivity contribution is 0.128. The first kappa shape index (κ1) is 10.3. The van der Waals surface area contributed by atoms with Crippen molar-refractivity contribution in [1.29, 1.82) is 0 Å². The summed E-state index contributed by atoms with van der Waals surface area (Å²) in [5, 5.41) is 3.18. The van der Waals surface area contributed by atoms with Gasteiger partial charge in [0.15, 0.2) is 0 Å². The molecule has 1 heterocycles. The van der Waals surface area contributed by atoms with Crippen LogP contribution in [0.2, 0.25) is 0 Å². The Morgan fingerprint density at radius 1 is 1.46 bits per heavy atom. The fourth-order valence-electron chi connectivity index (χ4n) is 1.43. The molecule has 1 aliphatic heterocycles. The number of hydrogen-bond acceptors (Lipinski definition) is 2. The lowest BCUT2D eigenvalue weighted by Gasteiger charge is -2.39. The van der Waals surface area contributed by atoms with Crippen LogP contribution in [0.5, 0.6) is 0 Å². The van der Waals surface area contributed by atoms with Gasteiger partial charge in [0.25, 0.3) is 0 Å². The molecule has 1 saturated heterocycles. The van der Waals surface area contributed by atoms with Crippen molar-refractivity contribution in [3.63, 3.8) is 0 Å². The second-order valence-electron chi connectivity index (χ2n) is 3.68. The molecule has 4 nitrogen and oxygen atoms in total. The van der Waals surface area contributed by atoms with E-state index in [1.165, 1.54) is 0 Å². The summed E-state index contributed by atoms with van der Waals surface area (Å²) >= 11 is 0. The number of nitrogens with one attached hydrogen (secondary N) is 1. The van der Waals surface area contributed by atoms with Crippen molar-refractivity contribution in [1.82, 2.24) is 15.1 Å². The van der Waals surface area contributed by atoms with E-state index in [9.17, 15) is 4.79 Å². The van der Waals surface area contributed by atoms with Crippen LogP contribution >= 0.6 is 0 Å². The number of carbonyl (C=O) groups excluding carboxylic acids is 1. The normalized spacial score (nSPS) is 16.5. The topological polar surface area (TPSA) is 35.6 Å².